The first-order chi connectivity index (χ1) is 8.04. The highest BCUT2D eigenvalue weighted by Gasteiger charge is 2.45. The summed E-state index contributed by atoms with van der Waals surface area (Å²) in [6.45, 7) is -0.604. The van der Waals surface area contributed by atoms with Gasteiger partial charge in [0.05, 0.1) is 6.61 Å². The SMILES string of the molecule is O=c1ccn([C@H]2O[C@@H](CO)C(F)C2O)c(=O)[nH]1. The van der Waals surface area contributed by atoms with Crippen molar-refractivity contribution in [3.63, 3.8) is 0 Å². The molecule has 1 aliphatic heterocycles. The summed E-state index contributed by atoms with van der Waals surface area (Å²) in [6.07, 6.45) is -4.71. The average Bonchev–Trinajstić information content (AvgIpc) is 2.57. The second-order valence-electron chi connectivity index (χ2n) is 3.70. The first kappa shape index (κ1) is 12.0. The molecule has 0 saturated carbocycles. The van der Waals surface area contributed by atoms with Crippen LogP contribution in [0, 0.1) is 0 Å². The number of ether oxygens (including phenoxy) is 1. The number of rotatable bonds is 2. The van der Waals surface area contributed by atoms with Gasteiger partial charge in [0.15, 0.2) is 12.4 Å². The minimum Gasteiger partial charge on any atom is -0.394 e. The van der Waals surface area contributed by atoms with Crippen LogP contribution < -0.4 is 11.2 Å². The number of aliphatic hydroxyl groups excluding tert-OH is 2. The molecular weight excluding hydrogens is 235 g/mol. The van der Waals surface area contributed by atoms with Gasteiger partial charge in [-0.15, -0.1) is 0 Å². The van der Waals surface area contributed by atoms with Crippen molar-refractivity contribution in [2.24, 2.45) is 0 Å². The predicted molar refractivity (Wildman–Crippen MR) is 53.2 cm³/mol. The Bertz CT molecular complexity index is 513. The quantitative estimate of drug-likeness (QED) is 0.567. The fourth-order valence-electron chi connectivity index (χ4n) is 1.71. The lowest BCUT2D eigenvalue weighted by molar-refractivity contribution is -0.0537. The van der Waals surface area contributed by atoms with E-state index >= 15 is 0 Å². The van der Waals surface area contributed by atoms with Gasteiger partial charge in [0.2, 0.25) is 0 Å². The lowest BCUT2D eigenvalue weighted by atomic mass is 10.1. The molecule has 2 heterocycles. The molecular formula is C9H11FN2O5. The molecule has 0 radical (unpaired) electrons. The Morgan fingerprint density at radius 1 is 1.53 bits per heavy atom. The van der Waals surface area contributed by atoms with Crippen molar-refractivity contribution in [3.8, 4) is 0 Å². The molecule has 2 rings (SSSR count). The topological polar surface area (TPSA) is 105 Å². The number of nitrogens with one attached hydrogen (secondary N) is 1. The lowest BCUT2D eigenvalue weighted by Crippen LogP contribution is -2.36. The minimum absolute atomic E-state index is 0.603. The molecule has 17 heavy (non-hydrogen) atoms. The van der Waals surface area contributed by atoms with Crippen LogP contribution in [0.2, 0.25) is 0 Å². The van der Waals surface area contributed by atoms with Crippen LogP contribution in [0.25, 0.3) is 0 Å². The van der Waals surface area contributed by atoms with Gasteiger partial charge in [0.25, 0.3) is 5.56 Å². The standard InChI is InChI=1S/C9H11FN2O5/c10-6-4(3-13)17-8(7(6)15)12-2-1-5(14)11-9(12)16/h1-2,4,6-8,13,15H,3H2,(H,11,14,16)/t4-,6?,7?,8-/m0/s1. The summed E-state index contributed by atoms with van der Waals surface area (Å²) in [7, 11) is 0. The Balaban J connectivity index is 2.35. The van der Waals surface area contributed by atoms with Gasteiger partial charge in [0.1, 0.15) is 12.2 Å². The van der Waals surface area contributed by atoms with E-state index in [9.17, 15) is 19.1 Å². The van der Waals surface area contributed by atoms with E-state index in [4.69, 9.17) is 9.84 Å². The summed E-state index contributed by atoms with van der Waals surface area (Å²) in [5.74, 6) is 0. The molecule has 2 unspecified atom stereocenters. The molecule has 1 fully saturated rings. The van der Waals surface area contributed by atoms with Gasteiger partial charge in [-0.05, 0) is 0 Å². The number of aromatic amines is 1. The molecule has 1 aromatic rings. The number of nitrogens with zero attached hydrogens (tertiary/aromatic N) is 1. The zero-order valence-electron chi connectivity index (χ0n) is 8.62. The first-order valence-corrected chi connectivity index (χ1v) is 4.94. The van der Waals surface area contributed by atoms with Crippen molar-refractivity contribution in [1.82, 2.24) is 9.55 Å². The molecule has 4 atom stereocenters. The third kappa shape index (κ3) is 2.02. The molecule has 1 aromatic heterocycles. The van der Waals surface area contributed by atoms with E-state index < -0.39 is 42.5 Å². The zero-order chi connectivity index (χ0) is 12.6. The van der Waals surface area contributed by atoms with E-state index in [0.717, 1.165) is 16.8 Å². The predicted octanol–water partition coefficient (Wildman–Crippen LogP) is -1.87. The lowest BCUT2D eigenvalue weighted by Gasteiger charge is -2.16. The zero-order valence-corrected chi connectivity index (χ0v) is 8.62. The molecule has 3 N–H and O–H groups in total. The largest absolute Gasteiger partial charge is 0.394 e. The summed E-state index contributed by atoms with van der Waals surface area (Å²) in [4.78, 5) is 24.2. The van der Waals surface area contributed by atoms with Crippen LogP contribution in [0.4, 0.5) is 4.39 Å². The maximum atomic E-state index is 13.4. The van der Waals surface area contributed by atoms with Crippen LogP contribution in [-0.4, -0.2) is 44.8 Å². The first-order valence-electron chi connectivity index (χ1n) is 4.94. The monoisotopic (exact) mass is 246 g/mol. The van der Waals surface area contributed by atoms with Gasteiger partial charge in [0, 0.05) is 12.3 Å². The molecule has 0 aliphatic carbocycles. The van der Waals surface area contributed by atoms with E-state index in [2.05, 4.69) is 0 Å². The Morgan fingerprint density at radius 3 is 2.76 bits per heavy atom. The maximum absolute atomic E-state index is 13.4. The van der Waals surface area contributed by atoms with Gasteiger partial charge in [-0.25, -0.2) is 9.18 Å². The average molecular weight is 246 g/mol. The highest BCUT2D eigenvalue weighted by molar-refractivity contribution is 4.93. The molecule has 0 spiro atoms. The van der Waals surface area contributed by atoms with Crippen LogP contribution in [0.15, 0.2) is 21.9 Å². The van der Waals surface area contributed by atoms with Gasteiger partial charge in [-0.2, -0.15) is 0 Å². The molecule has 8 heteroatoms. The van der Waals surface area contributed by atoms with Crippen LogP contribution >= 0.6 is 0 Å². The Hall–Kier alpha value is -1.51. The Morgan fingerprint density at radius 2 is 2.24 bits per heavy atom. The number of hydrogen-bond donors (Lipinski definition) is 3. The minimum atomic E-state index is -1.79. The fourth-order valence-corrected chi connectivity index (χ4v) is 1.71. The van der Waals surface area contributed by atoms with Crippen LogP contribution in [0.1, 0.15) is 6.23 Å². The maximum Gasteiger partial charge on any atom is 0.330 e. The fraction of sp³-hybridized carbons (Fsp3) is 0.556. The second kappa shape index (κ2) is 4.40. The van der Waals surface area contributed by atoms with Crippen molar-refractivity contribution in [1.29, 1.82) is 0 Å². The van der Waals surface area contributed by atoms with E-state index in [1.54, 1.807) is 0 Å². The van der Waals surface area contributed by atoms with Crippen LogP contribution in [-0.2, 0) is 4.74 Å². The molecule has 94 valence electrons. The van der Waals surface area contributed by atoms with E-state index in [-0.39, 0.29) is 0 Å². The highest BCUT2D eigenvalue weighted by Crippen LogP contribution is 2.29. The summed E-state index contributed by atoms with van der Waals surface area (Å²) in [5, 5.41) is 18.4. The van der Waals surface area contributed by atoms with Crippen molar-refractivity contribution < 1.29 is 19.3 Å². The number of H-pyrrole nitrogens is 1. The van der Waals surface area contributed by atoms with E-state index in [1.165, 1.54) is 0 Å². The summed E-state index contributed by atoms with van der Waals surface area (Å²) in [5.41, 5.74) is -1.42. The summed E-state index contributed by atoms with van der Waals surface area (Å²) >= 11 is 0. The van der Waals surface area contributed by atoms with Crippen molar-refractivity contribution in [2.45, 2.75) is 24.6 Å². The third-order valence-electron chi connectivity index (χ3n) is 2.59. The number of hydrogen-bond acceptors (Lipinski definition) is 5. The van der Waals surface area contributed by atoms with E-state index in [0.29, 0.717) is 0 Å². The molecule has 7 nitrogen and oxygen atoms in total. The van der Waals surface area contributed by atoms with E-state index in [1.807, 2.05) is 4.98 Å². The Labute approximate surface area is 94.1 Å². The summed E-state index contributed by atoms with van der Waals surface area (Å²) < 4.78 is 19.3. The van der Waals surface area contributed by atoms with Gasteiger partial charge < -0.3 is 14.9 Å². The second-order valence-corrected chi connectivity index (χ2v) is 3.70. The third-order valence-corrected chi connectivity index (χ3v) is 2.59. The highest BCUT2D eigenvalue weighted by atomic mass is 19.1. The molecule has 1 aliphatic rings. The normalized spacial score (nSPS) is 32.9. The smallest absolute Gasteiger partial charge is 0.330 e. The van der Waals surface area contributed by atoms with Gasteiger partial charge in [-0.3, -0.25) is 14.3 Å². The molecule has 0 amide bonds. The number of aromatic nitrogens is 2. The summed E-state index contributed by atoms with van der Waals surface area (Å²) in [6, 6.07) is 1.05. The van der Waals surface area contributed by atoms with Gasteiger partial charge in [-0.1, -0.05) is 0 Å². The number of aliphatic hydroxyl groups is 2. The van der Waals surface area contributed by atoms with Crippen molar-refractivity contribution in [2.75, 3.05) is 6.61 Å². The molecule has 0 aromatic carbocycles. The van der Waals surface area contributed by atoms with Crippen molar-refractivity contribution >= 4 is 0 Å². The van der Waals surface area contributed by atoms with Crippen molar-refractivity contribution in [3.05, 3.63) is 33.1 Å². The molecule has 1 saturated heterocycles. The molecule has 0 bridgehead atoms. The number of alkyl halides is 1. The van der Waals surface area contributed by atoms with Crippen LogP contribution in [0.3, 0.4) is 0 Å². The van der Waals surface area contributed by atoms with Crippen LogP contribution in [0.5, 0.6) is 0 Å². The Kier molecular flexibility index (Phi) is 3.09. The number of halogens is 1. The van der Waals surface area contributed by atoms with Gasteiger partial charge >= 0.3 is 5.69 Å².